The predicted octanol–water partition coefficient (Wildman–Crippen LogP) is 2.19. The van der Waals surface area contributed by atoms with Gasteiger partial charge in [-0.2, -0.15) is 0 Å². The van der Waals surface area contributed by atoms with Crippen molar-refractivity contribution < 1.29 is 14.7 Å². The van der Waals surface area contributed by atoms with E-state index in [1.807, 2.05) is 18.2 Å². The van der Waals surface area contributed by atoms with Crippen molar-refractivity contribution in [2.45, 2.75) is 6.54 Å². The number of carbonyl (C=O) groups excluding carboxylic acids is 1. The molecule has 1 amide bonds. The zero-order chi connectivity index (χ0) is 15.5. The summed E-state index contributed by atoms with van der Waals surface area (Å²) in [6, 6.07) is 11.8. The van der Waals surface area contributed by atoms with Crippen molar-refractivity contribution in [1.29, 1.82) is 0 Å². The molecule has 6 nitrogen and oxygen atoms in total. The van der Waals surface area contributed by atoms with Gasteiger partial charge in [0.15, 0.2) is 0 Å². The summed E-state index contributed by atoms with van der Waals surface area (Å²) >= 11 is 0. The lowest BCUT2D eigenvalue weighted by Crippen LogP contribution is -2.25. The first-order valence-electron chi connectivity index (χ1n) is 6.68. The number of amides is 1. The van der Waals surface area contributed by atoms with E-state index in [0.717, 1.165) is 16.6 Å². The van der Waals surface area contributed by atoms with Gasteiger partial charge in [0.1, 0.15) is 0 Å². The minimum absolute atomic E-state index is 0.0158. The van der Waals surface area contributed by atoms with Gasteiger partial charge < -0.3 is 15.4 Å². The number of nitrogens with zero attached hydrogens (tertiary/aromatic N) is 1. The summed E-state index contributed by atoms with van der Waals surface area (Å²) in [5.41, 5.74) is 2.66. The Morgan fingerprint density at radius 3 is 2.64 bits per heavy atom. The Labute approximate surface area is 125 Å². The molecule has 0 bridgehead atoms. The number of benzene rings is 2. The molecular weight excluding hydrogens is 282 g/mol. The van der Waals surface area contributed by atoms with Crippen LogP contribution < -0.4 is 5.32 Å². The smallest absolute Gasteiger partial charge is 0.336 e. The van der Waals surface area contributed by atoms with Crippen LogP contribution in [0.3, 0.4) is 0 Å². The minimum Gasteiger partial charge on any atom is -0.478 e. The highest BCUT2D eigenvalue weighted by Gasteiger charge is 2.15. The molecule has 0 radical (unpaired) electrons. The number of fused-ring (bicyclic) bond motifs is 1. The van der Waals surface area contributed by atoms with Crippen LogP contribution >= 0.6 is 0 Å². The van der Waals surface area contributed by atoms with E-state index in [1.54, 1.807) is 18.5 Å². The third-order valence-electron chi connectivity index (χ3n) is 3.37. The molecule has 3 aromatic rings. The van der Waals surface area contributed by atoms with E-state index in [0.29, 0.717) is 0 Å². The van der Waals surface area contributed by atoms with E-state index >= 15 is 0 Å². The van der Waals surface area contributed by atoms with Gasteiger partial charge in [-0.1, -0.05) is 24.3 Å². The first-order valence-corrected chi connectivity index (χ1v) is 6.68. The molecule has 2 aromatic carbocycles. The van der Waals surface area contributed by atoms with Crippen LogP contribution in [-0.4, -0.2) is 27.0 Å². The fourth-order valence-corrected chi connectivity index (χ4v) is 2.31. The van der Waals surface area contributed by atoms with Gasteiger partial charge in [0.2, 0.25) is 0 Å². The average molecular weight is 295 g/mol. The molecular formula is C16H13N3O3. The lowest BCUT2D eigenvalue weighted by Gasteiger charge is -2.08. The number of carboxylic acids is 1. The molecule has 0 spiro atoms. The lowest BCUT2D eigenvalue weighted by molar-refractivity contribution is 0.0691. The number of carbonyl (C=O) groups is 2. The summed E-state index contributed by atoms with van der Waals surface area (Å²) in [6.45, 7) is 0.273. The molecule has 0 unspecified atom stereocenters. The van der Waals surface area contributed by atoms with Gasteiger partial charge in [0, 0.05) is 6.54 Å². The summed E-state index contributed by atoms with van der Waals surface area (Å²) in [5.74, 6) is -1.55. The fraction of sp³-hybridized carbons (Fsp3) is 0.0625. The second kappa shape index (κ2) is 5.69. The van der Waals surface area contributed by atoms with Gasteiger partial charge in [0.05, 0.1) is 28.5 Å². The topological polar surface area (TPSA) is 95.1 Å². The zero-order valence-corrected chi connectivity index (χ0v) is 11.5. The molecule has 0 saturated heterocycles. The summed E-state index contributed by atoms with van der Waals surface area (Å²) in [7, 11) is 0. The number of nitrogens with one attached hydrogen (secondary N) is 2. The third kappa shape index (κ3) is 2.54. The molecule has 3 rings (SSSR count). The predicted molar refractivity (Wildman–Crippen MR) is 80.7 cm³/mol. The fourth-order valence-electron chi connectivity index (χ4n) is 2.31. The number of imidazole rings is 1. The number of rotatable bonds is 4. The number of H-pyrrole nitrogens is 1. The molecule has 0 aliphatic carbocycles. The van der Waals surface area contributed by atoms with E-state index in [4.69, 9.17) is 5.11 Å². The quantitative estimate of drug-likeness (QED) is 0.687. The van der Waals surface area contributed by atoms with Crippen LogP contribution in [0.25, 0.3) is 11.0 Å². The maximum atomic E-state index is 12.2. The molecule has 0 aliphatic heterocycles. The van der Waals surface area contributed by atoms with Gasteiger partial charge in [-0.05, 0) is 23.8 Å². The zero-order valence-electron chi connectivity index (χ0n) is 11.5. The molecule has 6 heteroatoms. The Bertz CT molecular complexity index is 854. The number of carboxylic acid groups (broad SMARTS) is 1. The lowest BCUT2D eigenvalue weighted by atomic mass is 10.1. The van der Waals surface area contributed by atoms with Gasteiger partial charge in [-0.3, -0.25) is 4.79 Å². The van der Waals surface area contributed by atoms with Crippen molar-refractivity contribution in [1.82, 2.24) is 15.3 Å². The van der Waals surface area contributed by atoms with Gasteiger partial charge >= 0.3 is 5.97 Å². The highest BCUT2D eigenvalue weighted by molar-refractivity contribution is 6.04. The number of aromatic carboxylic acids is 1. The average Bonchev–Trinajstić information content (AvgIpc) is 3.01. The molecule has 110 valence electrons. The van der Waals surface area contributed by atoms with Crippen molar-refractivity contribution in [3.8, 4) is 0 Å². The number of aromatic nitrogens is 2. The number of aromatic amines is 1. The Hall–Kier alpha value is -3.15. The van der Waals surface area contributed by atoms with Crippen molar-refractivity contribution in [3.63, 3.8) is 0 Å². The van der Waals surface area contributed by atoms with E-state index in [9.17, 15) is 9.59 Å². The van der Waals surface area contributed by atoms with Crippen molar-refractivity contribution in [3.05, 3.63) is 65.5 Å². The molecule has 1 aromatic heterocycles. The maximum absolute atomic E-state index is 12.2. The Balaban J connectivity index is 1.81. The third-order valence-corrected chi connectivity index (χ3v) is 3.37. The van der Waals surface area contributed by atoms with Crippen LogP contribution in [0.5, 0.6) is 0 Å². The second-order valence-corrected chi connectivity index (χ2v) is 4.75. The normalized spacial score (nSPS) is 10.5. The SMILES string of the molecule is O=C(O)c1ccccc1C(=O)NCc1cccc2[nH]cnc12. The van der Waals surface area contributed by atoms with Gasteiger partial charge in [-0.15, -0.1) is 0 Å². The van der Waals surface area contributed by atoms with Crippen LogP contribution in [0.15, 0.2) is 48.8 Å². The number of hydrogen-bond donors (Lipinski definition) is 3. The minimum atomic E-state index is -1.12. The van der Waals surface area contributed by atoms with Crippen LogP contribution in [0.4, 0.5) is 0 Å². The first-order chi connectivity index (χ1) is 10.7. The Morgan fingerprint density at radius 2 is 1.86 bits per heavy atom. The highest BCUT2D eigenvalue weighted by Crippen LogP contribution is 2.15. The van der Waals surface area contributed by atoms with E-state index in [-0.39, 0.29) is 17.7 Å². The van der Waals surface area contributed by atoms with Crippen LogP contribution in [0, 0.1) is 0 Å². The van der Waals surface area contributed by atoms with E-state index in [2.05, 4.69) is 15.3 Å². The second-order valence-electron chi connectivity index (χ2n) is 4.75. The van der Waals surface area contributed by atoms with Crippen LogP contribution in [-0.2, 0) is 6.54 Å². The first kappa shape index (κ1) is 13.8. The van der Waals surface area contributed by atoms with Gasteiger partial charge in [0.25, 0.3) is 5.91 Å². The summed E-state index contributed by atoms with van der Waals surface area (Å²) in [5, 5.41) is 11.9. The van der Waals surface area contributed by atoms with Gasteiger partial charge in [-0.25, -0.2) is 9.78 Å². The molecule has 0 atom stereocenters. The monoisotopic (exact) mass is 295 g/mol. The largest absolute Gasteiger partial charge is 0.478 e. The van der Waals surface area contributed by atoms with Crippen molar-refractivity contribution >= 4 is 22.9 Å². The Kier molecular flexibility index (Phi) is 3.57. The Morgan fingerprint density at radius 1 is 1.09 bits per heavy atom. The maximum Gasteiger partial charge on any atom is 0.336 e. The molecule has 3 N–H and O–H groups in total. The number of hydrogen-bond acceptors (Lipinski definition) is 3. The van der Waals surface area contributed by atoms with Crippen LogP contribution in [0.2, 0.25) is 0 Å². The highest BCUT2D eigenvalue weighted by atomic mass is 16.4. The van der Waals surface area contributed by atoms with E-state index in [1.165, 1.54) is 12.1 Å². The summed E-state index contributed by atoms with van der Waals surface area (Å²) < 4.78 is 0. The standard InChI is InChI=1S/C16H13N3O3/c20-15(11-5-1-2-6-12(11)16(21)22)17-8-10-4-3-7-13-14(10)19-9-18-13/h1-7,9H,8H2,(H,17,20)(H,18,19)(H,21,22). The van der Waals surface area contributed by atoms with Crippen molar-refractivity contribution in [2.75, 3.05) is 0 Å². The molecule has 0 saturated carbocycles. The summed E-state index contributed by atoms with van der Waals surface area (Å²) in [4.78, 5) is 30.6. The van der Waals surface area contributed by atoms with E-state index < -0.39 is 11.9 Å². The summed E-state index contributed by atoms with van der Waals surface area (Å²) in [6.07, 6.45) is 1.59. The molecule has 0 fully saturated rings. The van der Waals surface area contributed by atoms with Crippen molar-refractivity contribution in [2.24, 2.45) is 0 Å². The number of para-hydroxylation sites is 1. The molecule has 22 heavy (non-hydrogen) atoms. The molecule has 0 aliphatic rings. The molecule has 1 heterocycles. The van der Waals surface area contributed by atoms with Crippen LogP contribution in [0.1, 0.15) is 26.3 Å².